The van der Waals surface area contributed by atoms with Crippen molar-refractivity contribution in [1.29, 1.82) is 0 Å². The van der Waals surface area contributed by atoms with Crippen molar-refractivity contribution in [3.8, 4) is 11.8 Å². The number of rotatable bonds is 9. The molecule has 2 aromatic rings. The minimum atomic E-state index is -0.873. The van der Waals surface area contributed by atoms with Gasteiger partial charge in [0.05, 0.1) is 29.8 Å². The molecule has 0 radical (unpaired) electrons. The van der Waals surface area contributed by atoms with Crippen LogP contribution in [0.4, 0.5) is 0 Å². The van der Waals surface area contributed by atoms with Crippen molar-refractivity contribution >= 4 is 44.8 Å². The zero-order chi connectivity index (χ0) is 25.6. The van der Waals surface area contributed by atoms with E-state index in [1.807, 2.05) is 24.3 Å². The standard InChI is InChI=1S/C28H33ClO5S/c1-28(2)26(32)19(10-6-4-5-7-13-24(31)34-3)20(27(28)33)16-14-18(30)15-17-23-25(29)21-11-8-9-12-22(21)35-23/h8-9,11-12,14,16,18-20,27,30,33H,5,7,10,13,15,17H2,1-3H3/b16-14+/t18?,19-,20-,27+/m1/s1. The lowest BCUT2D eigenvalue weighted by Gasteiger charge is -2.22. The fraction of sp³-hybridized carbons (Fsp3) is 0.500. The second-order valence-corrected chi connectivity index (χ2v) is 11.0. The van der Waals surface area contributed by atoms with Crippen LogP contribution in [0.15, 0.2) is 36.4 Å². The van der Waals surface area contributed by atoms with Crippen LogP contribution in [0, 0.1) is 29.1 Å². The van der Waals surface area contributed by atoms with Gasteiger partial charge < -0.3 is 14.9 Å². The summed E-state index contributed by atoms with van der Waals surface area (Å²) >= 11 is 8.15. The van der Waals surface area contributed by atoms with Crippen molar-refractivity contribution in [2.75, 3.05) is 7.11 Å². The van der Waals surface area contributed by atoms with Crippen molar-refractivity contribution in [2.45, 2.75) is 64.6 Å². The Labute approximate surface area is 216 Å². The van der Waals surface area contributed by atoms with Gasteiger partial charge >= 0.3 is 5.97 Å². The zero-order valence-electron chi connectivity index (χ0n) is 20.4. The number of carbonyl (C=O) groups is 2. The molecule has 1 heterocycles. The molecular weight excluding hydrogens is 484 g/mol. The number of ketones is 1. The number of thiophene rings is 1. The number of hydrogen-bond donors (Lipinski definition) is 2. The number of carbonyl (C=O) groups excluding carboxylic acids is 2. The molecule has 1 aliphatic rings. The van der Waals surface area contributed by atoms with Crippen molar-refractivity contribution in [3.63, 3.8) is 0 Å². The van der Waals surface area contributed by atoms with Gasteiger partial charge in [-0.1, -0.05) is 55.8 Å². The molecular formula is C28H33ClO5S. The summed E-state index contributed by atoms with van der Waals surface area (Å²) in [7, 11) is 1.36. The van der Waals surface area contributed by atoms with Crippen LogP contribution in [0.3, 0.4) is 0 Å². The van der Waals surface area contributed by atoms with Gasteiger partial charge in [-0.25, -0.2) is 0 Å². The summed E-state index contributed by atoms with van der Waals surface area (Å²) < 4.78 is 5.74. The largest absolute Gasteiger partial charge is 0.469 e. The van der Waals surface area contributed by atoms with Crippen LogP contribution in [-0.4, -0.2) is 41.3 Å². The Morgan fingerprint density at radius 3 is 2.77 bits per heavy atom. The summed E-state index contributed by atoms with van der Waals surface area (Å²) in [6, 6.07) is 7.97. The third-order valence-electron chi connectivity index (χ3n) is 6.72. The lowest BCUT2D eigenvalue weighted by molar-refractivity contribution is -0.140. The number of hydrogen-bond acceptors (Lipinski definition) is 6. The van der Waals surface area contributed by atoms with Gasteiger partial charge in [-0.2, -0.15) is 0 Å². The van der Waals surface area contributed by atoms with Crippen molar-refractivity contribution < 1.29 is 24.5 Å². The van der Waals surface area contributed by atoms with Gasteiger partial charge in [-0.3, -0.25) is 9.59 Å². The molecule has 1 aliphatic carbocycles. The topological polar surface area (TPSA) is 83.8 Å². The number of halogens is 1. The number of Topliss-reactive ketones (excluding diaryl/α,β-unsaturated/α-hetero) is 1. The Balaban J connectivity index is 1.60. The Hall–Kier alpha value is -2.17. The first-order valence-corrected chi connectivity index (χ1v) is 13.1. The first-order valence-electron chi connectivity index (χ1n) is 11.9. The van der Waals surface area contributed by atoms with E-state index in [9.17, 15) is 19.8 Å². The first-order chi connectivity index (χ1) is 16.7. The number of aryl methyl sites for hydroxylation is 1. The maximum absolute atomic E-state index is 13.0. The molecule has 0 bridgehead atoms. The number of methoxy groups -OCH3 is 1. The summed E-state index contributed by atoms with van der Waals surface area (Å²) in [6.07, 6.45) is 4.82. The Bertz CT molecular complexity index is 1140. The van der Waals surface area contributed by atoms with Gasteiger partial charge in [-0.15, -0.1) is 23.2 Å². The van der Waals surface area contributed by atoms with Gasteiger partial charge in [0.1, 0.15) is 5.78 Å². The molecule has 2 N–H and O–H groups in total. The maximum Gasteiger partial charge on any atom is 0.305 e. The molecule has 5 nitrogen and oxygen atoms in total. The molecule has 1 aromatic heterocycles. The first kappa shape index (κ1) is 27.4. The van der Waals surface area contributed by atoms with E-state index in [1.54, 1.807) is 37.3 Å². The summed E-state index contributed by atoms with van der Waals surface area (Å²) in [5.74, 6) is 4.93. The van der Waals surface area contributed by atoms with Crippen LogP contribution >= 0.6 is 22.9 Å². The lowest BCUT2D eigenvalue weighted by Crippen LogP contribution is -2.31. The molecule has 188 valence electrons. The third kappa shape index (κ3) is 6.54. The molecule has 0 saturated heterocycles. The Morgan fingerprint density at radius 2 is 2.06 bits per heavy atom. The van der Waals surface area contributed by atoms with E-state index >= 15 is 0 Å². The molecule has 3 rings (SSSR count). The van der Waals surface area contributed by atoms with E-state index in [4.69, 9.17) is 11.6 Å². The second kappa shape index (κ2) is 12.2. The molecule has 35 heavy (non-hydrogen) atoms. The van der Waals surface area contributed by atoms with E-state index in [0.717, 1.165) is 20.0 Å². The molecule has 7 heteroatoms. The fourth-order valence-electron chi connectivity index (χ4n) is 4.52. The molecule has 0 amide bonds. The predicted octanol–water partition coefficient (Wildman–Crippen LogP) is 5.34. The van der Waals surface area contributed by atoms with E-state index in [0.29, 0.717) is 38.5 Å². The number of aliphatic hydroxyl groups is 2. The third-order valence-corrected chi connectivity index (χ3v) is 8.50. The average Bonchev–Trinajstić information content (AvgIpc) is 3.25. The summed E-state index contributed by atoms with van der Waals surface area (Å²) in [6.45, 7) is 3.51. The summed E-state index contributed by atoms with van der Waals surface area (Å²) in [5, 5.41) is 23.2. The zero-order valence-corrected chi connectivity index (χ0v) is 22.0. The number of esters is 1. The Morgan fingerprint density at radius 1 is 1.31 bits per heavy atom. The average molecular weight is 517 g/mol. The minimum Gasteiger partial charge on any atom is -0.469 e. The minimum absolute atomic E-state index is 0.0185. The SMILES string of the molecule is COC(=O)CCCC#CC[C@H]1C(=O)C(C)(C)[C@@H](O)[C@@H]1/C=C/C(O)CCc1sc2ccccc2c1Cl. The van der Waals surface area contributed by atoms with Crippen molar-refractivity contribution in [3.05, 3.63) is 46.3 Å². The monoisotopic (exact) mass is 516 g/mol. The van der Waals surface area contributed by atoms with Gasteiger partial charge in [0.15, 0.2) is 0 Å². The number of fused-ring (bicyclic) bond motifs is 1. The maximum atomic E-state index is 13.0. The number of benzene rings is 1. The highest BCUT2D eigenvalue weighted by Gasteiger charge is 2.53. The number of ether oxygens (including phenoxy) is 1. The van der Waals surface area contributed by atoms with E-state index < -0.39 is 29.5 Å². The molecule has 1 unspecified atom stereocenters. The van der Waals surface area contributed by atoms with E-state index in [-0.39, 0.29) is 11.8 Å². The highest BCUT2D eigenvalue weighted by molar-refractivity contribution is 7.19. The van der Waals surface area contributed by atoms with Gasteiger partial charge in [0.25, 0.3) is 0 Å². The second-order valence-electron chi connectivity index (χ2n) is 9.53. The number of unbranched alkanes of at least 4 members (excludes halogenated alkanes) is 1. The molecule has 4 atom stereocenters. The Kier molecular flexibility index (Phi) is 9.54. The van der Waals surface area contributed by atoms with Crippen molar-refractivity contribution in [2.24, 2.45) is 17.3 Å². The van der Waals surface area contributed by atoms with E-state index in [2.05, 4.69) is 16.6 Å². The van der Waals surface area contributed by atoms with Gasteiger partial charge in [0, 0.05) is 46.1 Å². The van der Waals surface area contributed by atoms with Crippen molar-refractivity contribution in [1.82, 2.24) is 0 Å². The van der Waals surface area contributed by atoms with Crippen LogP contribution in [-0.2, 0) is 20.7 Å². The van der Waals surface area contributed by atoms with Crippen LogP contribution in [0.2, 0.25) is 5.02 Å². The molecule has 1 aromatic carbocycles. The molecule has 0 spiro atoms. The number of aliphatic hydroxyl groups excluding tert-OH is 2. The van der Waals surface area contributed by atoms with Crippen LogP contribution in [0.5, 0.6) is 0 Å². The molecule has 1 saturated carbocycles. The van der Waals surface area contributed by atoms with Crippen LogP contribution in [0.25, 0.3) is 10.1 Å². The van der Waals surface area contributed by atoms with Gasteiger partial charge in [-0.05, 0) is 25.3 Å². The summed E-state index contributed by atoms with van der Waals surface area (Å²) in [5.41, 5.74) is -0.873. The fourth-order valence-corrected chi connectivity index (χ4v) is 6.06. The highest BCUT2D eigenvalue weighted by Crippen LogP contribution is 2.44. The molecule has 0 aliphatic heterocycles. The quantitative estimate of drug-likeness (QED) is 0.203. The van der Waals surface area contributed by atoms with Crippen LogP contribution < -0.4 is 0 Å². The lowest BCUT2D eigenvalue weighted by atomic mass is 9.86. The predicted molar refractivity (Wildman–Crippen MR) is 140 cm³/mol. The van der Waals surface area contributed by atoms with E-state index in [1.165, 1.54) is 7.11 Å². The normalized spacial score (nSPS) is 22.3. The van der Waals surface area contributed by atoms with Gasteiger partial charge in [0.2, 0.25) is 0 Å². The van der Waals surface area contributed by atoms with Crippen LogP contribution in [0.1, 0.15) is 50.8 Å². The highest BCUT2D eigenvalue weighted by atomic mass is 35.5. The smallest absolute Gasteiger partial charge is 0.305 e. The summed E-state index contributed by atoms with van der Waals surface area (Å²) in [4.78, 5) is 25.2. The molecule has 1 fully saturated rings.